The van der Waals surface area contributed by atoms with E-state index in [1.165, 1.54) is 5.54 Å². The van der Waals surface area contributed by atoms with Crippen LogP contribution in [0.2, 0.25) is 0 Å². The summed E-state index contributed by atoms with van der Waals surface area (Å²) in [6.45, 7) is 2.34. The molecule has 4 heteroatoms. The van der Waals surface area contributed by atoms with Gasteiger partial charge in [0.15, 0.2) is 0 Å². The molecule has 0 aromatic heterocycles. The third-order valence-electron chi connectivity index (χ3n) is 1.61. The van der Waals surface area contributed by atoms with Crippen LogP contribution >= 0.6 is 27.5 Å². The molecule has 0 radical (unpaired) electrons. The van der Waals surface area contributed by atoms with Gasteiger partial charge in [-0.05, 0) is 30.7 Å². The summed E-state index contributed by atoms with van der Waals surface area (Å²) < 4.78 is 6.38. The molecule has 2 N–H and O–H groups in total. The number of nitrogens with two attached hydrogens (primary N) is 1. The maximum atomic E-state index is 5.74. The van der Waals surface area contributed by atoms with E-state index in [0.717, 1.165) is 10.0 Å². The van der Waals surface area contributed by atoms with Crippen molar-refractivity contribution < 1.29 is 4.74 Å². The van der Waals surface area contributed by atoms with E-state index < -0.39 is 0 Å². The first kappa shape index (κ1) is 11.4. The third kappa shape index (κ3) is 3.24. The van der Waals surface area contributed by atoms with E-state index in [-0.39, 0.29) is 0 Å². The molecular formula is C10H11BrClNO. The molecule has 14 heavy (non-hydrogen) atoms. The summed E-state index contributed by atoms with van der Waals surface area (Å²) in [6, 6.07) is 5.50. The summed E-state index contributed by atoms with van der Waals surface area (Å²) in [5, 5.41) is 0. The van der Waals surface area contributed by atoms with Crippen LogP contribution in [0.3, 0.4) is 0 Å². The highest BCUT2D eigenvalue weighted by atomic mass is 79.9. The van der Waals surface area contributed by atoms with Crippen molar-refractivity contribution in [3.63, 3.8) is 0 Å². The highest BCUT2D eigenvalue weighted by Crippen LogP contribution is 2.25. The van der Waals surface area contributed by atoms with Crippen molar-refractivity contribution in [2.24, 2.45) is 0 Å². The van der Waals surface area contributed by atoms with Crippen LogP contribution in [0.4, 0.5) is 5.69 Å². The molecule has 0 bridgehead atoms. The van der Waals surface area contributed by atoms with Crippen molar-refractivity contribution in [1.29, 1.82) is 0 Å². The lowest BCUT2D eigenvalue weighted by Gasteiger charge is -2.08. The van der Waals surface area contributed by atoms with Crippen LogP contribution in [0.15, 0.2) is 33.8 Å². The standard InChI is InChI=1S/C10H11BrClNO/c1-7(5-12)6-14-10-3-2-8(11)4-9(10)13/h2-5H,6,13H2,1H3/b7-5-. The van der Waals surface area contributed by atoms with Gasteiger partial charge in [0.25, 0.3) is 0 Å². The van der Waals surface area contributed by atoms with E-state index in [9.17, 15) is 0 Å². The predicted octanol–water partition coefficient (Wildman–Crippen LogP) is 3.55. The fourth-order valence-electron chi connectivity index (χ4n) is 0.874. The maximum Gasteiger partial charge on any atom is 0.142 e. The molecule has 0 fully saturated rings. The van der Waals surface area contributed by atoms with Crippen LogP contribution in [-0.4, -0.2) is 6.61 Å². The number of halogens is 2. The zero-order valence-electron chi connectivity index (χ0n) is 7.76. The molecule has 0 amide bonds. The van der Waals surface area contributed by atoms with E-state index in [1.807, 2.05) is 19.1 Å². The number of ether oxygens (including phenoxy) is 1. The van der Waals surface area contributed by atoms with Crippen LogP contribution in [0.25, 0.3) is 0 Å². The molecule has 0 unspecified atom stereocenters. The quantitative estimate of drug-likeness (QED) is 0.857. The Balaban J connectivity index is 2.68. The van der Waals surface area contributed by atoms with Gasteiger partial charge in [-0.2, -0.15) is 0 Å². The first-order chi connectivity index (χ1) is 6.63. The zero-order valence-corrected chi connectivity index (χ0v) is 10.1. The number of hydrogen-bond acceptors (Lipinski definition) is 2. The minimum atomic E-state index is 0.454. The van der Waals surface area contributed by atoms with E-state index in [2.05, 4.69) is 15.9 Å². The van der Waals surface area contributed by atoms with E-state index >= 15 is 0 Å². The van der Waals surface area contributed by atoms with Crippen molar-refractivity contribution in [3.8, 4) is 5.75 Å². The monoisotopic (exact) mass is 275 g/mol. The largest absolute Gasteiger partial charge is 0.487 e. The molecule has 0 atom stereocenters. The fourth-order valence-corrected chi connectivity index (χ4v) is 1.32. The fraction of sp³-hybridized carbons (Fsp3) is 0.200. The van der Waals surface area contributed by atoms with Crippen LogP contribution in [-0.2, 0) is 0 Å². The van der Waals surface area contributed by atoms with Gasteiger partial charge in [0.1, 0.15) is 12.4 Å². The summed E-state index contributed by atoms with van der Waals surface area (Å²) in [4.78, 5) is 0. The molecule has 0 heterocycles. The van der Waals surface area contributed by atoms with E-state index in [4.69, 9.17) is 22.1 Å². The van der Waals surface area contributed by atoms with E-state index in [0.29, 0.717) is 18.0 Å². The number of anilines is 1. The average Bonchev–Trinajstić information content (AvgIpc) is 2.16. The number of benzene rings is 1. The van der Waals surface area contributed by atoms with Gasteiger partial charge in [-0.1, -0.05) is 27.5 Å². The number of rotatable bonds is 3. The van der Waals surface area contributed by atoms with Crippen molar-refractivity contribution in [2.75, 3.05) is 12.3 Å². The SMILES string of the molecule is C/C(=C/Cl)COc1ccc(Br)cc1N. The highest BCUT2D eigenvalue weighted by Gasteiger charge is 2.00. The lowest BCUT2D eigenvalue weighted by Crippen LogP contribution is -2.00. The third-order valence-corrected chi connectivity index (χ3v) is 2.48. The summed E-state index contributed by atoms with van der Waals surface area (Å²) in [5.74, 6) is 0.672. The molecule has 0 aliphatic heterocycles. The van der Waals surface area contributed by atoms with Crippen LogP contribution in [0.5, 0.6) is 5.75 Å². The van der Waals surface area contributed by atoms with Crippen LogP contribution < -0.4 is 10.5 Å². The molecule has 0 saturated carbocycles. The minimum absolute atomic E-state index is 0.454. The van der Waals surface area contributed by atoms with Gasteiger partial charge in [-0.15, -0.1) is 0 Å². The molecule has 1 aromatic rings. The molecule has 1 rings (SSSR count). The Bertz CT molecular complexity index is 352. The van der Waals surface area contributed by atoms with Crippen LogP contribution in [0.1, 0.15) is 6.92 Å². The molecule has 0 aliphatic rings. The highest BCUT2D eigenvalue weighted by molar-refractivity contribution is 9.10. The molecule has 1 aromatic carbocycles. The molecule has 0 aliphatic carbocycles. The second-order valence-corrected chi connectivity index (χ2v) is 4.06. The summed E-state index contributed by atoms with van der Waals surface area (Å²) in [7, 11) is 0. The lowest BCUT2D eigenvalue weighted by atomic mass is 10.3. The van der Waals surface area contributed by atoms with E-state index in [1.54, 1.807) is 6.07 Å². The Hall–Kier alpha value is -0.670. The summed E-state index contributed by atoms with van der Waals surface area (Å²) >= 11 is 8.82. The topological polar surface area (TPSA) is 35.2 Å². The normalized spacial score (nSPS) is 11.5. The first-order valence-electron chi connectivity index (χ1n) is 4.07. The number of nitrogen functional groups attached to an aromatic ring is 1. The van der Waals surface area contributed by atoms with Crippen molar-refractivity contribution in [2.45, 2.75) is 6.92 Å². The molecule has 0 saturated heterocycles. The minimum Gasteiger partial charge on any atom is -0.487 e. The molecule has 2 nitrogen and oxygen atoms in total. The summed E-state index contributed by atoms with van der Waals surface area (Å²) in [6.07, 6.45) is 0. The second-order valence-electron chi connectivity index (χ2n) is 2.93. The van der Waals surface area contributed by atoms with Crippen molar-refractivity contribution in [1.82, 2.24) is 0 Å². The predicted molar refractivity (Wildman–Crippen MR) is 63.7 cm³/mol. The first-order valence-corrected chi connectivity index (χ1v) is 5.30. The van der Waals surface area contributed by atoms with Gasteiger partial charge in [-0.3, -0.25) is 0 Å². The Kier molecular flexibility index (Phi) is 4.29. The Morgan fingerprint density at radius 3 is 2.93 bits per heavy atom. The average molecular weight is 277 g/mol. The smallest absolute Gasteiger partial charge is 0.142 e. The number of hydrogen-bond donors (Lipinski definition) is 1. The summed E-state index contributed by atoms with van der Waals surface area (Å²) in [5.41, 5.74) is 8.80. The zero-order chi connectivity index (χ0) is 10.6. The second kappa shape index (κ2) is 5.27. The van der Waals surface area contributed by atoms with Crippen molar-refractivity contribution >= 4 is 33.2 Å². The molecule has 0 spiro atoms. The van der Waals surface area contributed by atoms with Crippen molar-refractivity contribution in [3.05, 3.63) is 33.8 Å². The molecular weight excluding hydrogens is 265 g/mol. The van der Waals surface area contributed by atoms with Gasteiger partial charge < -0.3 is 10.5 Å². The molecule has 76 valence electrons. The Morgan fingerprint density at radius 2 is 2.36 bits per heavy atom. The maximum absolute atomic E-state index is 5.74. The Morgan fingerprint density at radius 1 is 1.64 bits per heavy atom. The van der Waals surface area contributed by atoms with Crippen LogP contribution in [0, 0.1) is 0 Å². The van der Waals surface area contributed by atoms with Gasteiger partial charge in [0, 0.05) is 10.0 Å². The van der Waals surface area contributed by atoms with Gasteiger partial charge in [0.05, 0.1) is 5.69 Å². The lowest BCUT2D eigenvalue weighted by molar-refractivity contribution is 0.354. The van der Waals surface area contributed by atoms with Gasteiger partial charge >= 0.3 is 0 Å². The Labute approximate surface area is 96.8 Å². The van der Waals surface area contributed by atoms with Gasteiger partial charge in [-0.25, -0.2) is 0 Å². The van der Waals surface area contributed by atoms with Gasteiger partial charge in [0.2, 0.25) is 0 Å².